The van der Waals surface area contributed by atoms with Crippen LogP contribution in [0.3, 0.4) is 0 Å². The van der Waals surface area contributed by atoms with Gasteiger partial charge in [0, 0.05) is 12.4 Å². The second-order valence-electron chi connectivity index (χ2n) is 4.30. The fourth-order valence-corrected chi connectivity index (χ4v) is 2.95. The van der Waals surface area contributed by atoms with E-state index in [2.05, 4.69) is 11.7 Å². The highest BCUT2D eigenvalue weighted by Crippen LogP contribution is 2.32. The largest absolute Gasteiger partial charge is 0.463 e. The first kappa shape index (κ1) is 13.5. The van der Waals surface area contributed by atoms with Crippen molar-refractivity contribution in [2.75, 3.05) is 19.5 Å². The Bertz CT molecular complexity index is 395. The average Bonchev–Trinajstić information content (AvgIpc) is 3.05. The van der Waals surface area contributed by atoms with Gasteiger partial charge in [-0.05, 0) is 31.9 Å². The molecule has 0 bridgehead atoms. The Kier molecular flexibility index (Phi) is 4.72. The maximum absolute atomic E-state index is 11.3. The summed E-state index contributed by atoms with van der Waals surface area (Å²) in [7, 11) is 1.35. The van der Waals surface area contributed by atoms with E-state index in [0.717, 1.165) is 31.0 Å². The highest BCUT2D eigenvalue weighted by Gasteiger charge is 2.19. The second-order valence-corrected chi connectivity index (χ2v) is 5.68. The van der Waals surface area contributed by atoms with Gasteiger partial charge in [0.1, 0.15) is 5.76 Å². The Hall–Kier alpha value is -0.940. The first-order valence-corrected chi connectivity index (χ1v) is 7.17. The van der Waals surface area contributed by atoms with Crippen molar-refractivity contribution in [1.29, 1.82) is 0 Å². The number of hydrogen-bond donors (Lipinski definition) is 0. The van der Waals surface area contributed by atoms with Crippen molar-refractivity contribution in [2.45, 2.75) is 31.1 Å². The zero-order chi connectivity index (χ0) is 13.0. The van der Waals surface area contributed by atoms with Gasteiger partial charge in [0.15, 0.2) is 0 Å². The van der Waals surface area contributed by atoms with Crippen LogP contribution < -0.4 is 0 Å². The van der Waals surface area contributed by atoms with Crippen LogP contribution in [0.5, 0.6) is 0 Å². The van der Waals surface area contributed by atoms with Crippen molar-refractivity contribution in [1.82, 2.24) is 0 Å². The fourth-order valence-electron chi connectivity index (χ4n) is 1.89. The Morgan fingerprint density at radius 2 is 2.44 bits per heavy atom. The first-order chi connectivity index (χ1) is 8.70. The van der Waals surface area contributed by atoms with E-state index in [1.807, 2.05) is 6.07 Å². The van der Waals surface area contributed by atoms with Gasteiger partial charge >= 0.3 is 5.97 Å². The van der Waals surface area contributed by atoms with Gasteiger partial charge < -0.3 is 13.9 Å². The number of rotatable bonds is 5. The molecular weight excluding hydrogens is 252 g/mol. The Balaban J connectivity index is 1.85. The molecule has 0 saturated carbocycles. The van der Waals surface area contributed by atoms with Gasteiger partial charge in [-0.2, -0.15) is 0 Å². The summed E-state index contributed by atoms with van der Waals surface area (Å²) in [4.78, 5) is 11.3. The zero-order valence-corrected chi connectivity index (χ0v) is 11.5. The number of carbonyl (C=O) groups is 1. The van der Waals surface area contributed by atoms with Gasteiger partial charge in [-0.1, -0.05) is 0 Å². The number of ether oxygens (including phenoxy) is 2. The van der Waals surface area contributed by atoms with Crippen LogP contribution in [0.4, 0.5) is 0 Å². The fraction of sp³-hybridized carbons (Fsp3) is 0.615. The molecule has 0 N–H and O–H groups in total. The van der Waals surface area contributed by atoms with Crippen LogP contribution in [0.1, 0.15) is 41.3 Å². The van der Waals surface area contributed by atoms with Crippen LogP contribution in [0, 0.1) is 0 Å². The van der Waals surface area contributed by atoms with E-state index in [4.69, 9.17) is 9.15 Å². The molecular formula is C13H18O4S. The lowest BCUT2D eigenvalue weighted by Gasteiger charge is -2.12. The molecule has 1 aliphatic heterocycles. The van der Waals surface area contributed by atoms with Gasteiger partial charge in [-0.25, -0.2) is 4.79 Å². The Morgan fingerprint density at radius 3 is 3.11 bits per heavy atom. The molecule has 2 heterocycles. The molecule has 18 heavy (non-hydrogen) atoms. The molecule has 1 aliphatic rings. The summed E-state index contributed by atoms with van der Waals surface area (Å²) in [5.74, 6) is 1.60. The molecule has 2 unspecified atom stereocenters. The number of carbonyl (C=O) groups excluding carboxylic acids is 1. The topological polar surface area (TPSA) is 48.7 Å². The maximum atomic E-state index is 11.3. The summed E-state index contributed by atoms with van der Waals surface area (Å²) in [6.07, 6.45) is 2.67. The summed E-state index contributed by atoms with van der Waals surface area (Å²) < 4.78 is 15.7. The molecule has 1 saturated heterocycles. The van der Waals surface area contributed by atoms with Crippen molar-refractivity contribution >= 4 is 17.7 Å². The number of methoxy groups -OCH3 is 1. The molecule has 0 aliphatic carbocycles. The highest BCUT2D eigenvalue weighted by atomic mass is 32.2. The minimum atomic E-state index is -0.433. The van der Waals surface area contributed by atoms with Crippen LogP contribution in [-0.4, -0.2) is 31.5 Å². The summed E-state index contributed by atoms with van der Waals surface area (Å²) in [5, 5.41) is 0.215. The first-order valence-electron chi connectivity index (χ1n) is 6.12. The third-order valence-electron chi connectivity index (χ3n) is 2.97. The SMILES string of the molecule is COC(=O)c1ccc(C(C)SCC2CCCO2)o1. The summed E-state index contributed by atoms with van der Waals surface area (Å²) in [6, 6.07) is 3.49. The van der Waals surface area contributed by atoms with Crippen LogP contribution in [-0.2, 0) is 9.47 Å². The minimum Gasteiger partial charge on any atom is -0.463 e. The summed E-state index contributed by atoms with van der Waals surface area (Å²) in [5.41, 5.74) is 0. The highest BCUT2D eigenvalue weighted by molar-refractivity contribution is 7.99. The van der Waals surface area contributed by atoms with E-state index in [1.54, 1.807) is 17.8 Å². The smallest absolute Gasteiger partial charge is 0.373 e. The average molecular weight is 270 g/mol. The van der Waals surface area contributed by atoms with E-state index >= 15 is 0 Å². The van der Waals surface area contributed by atoms with Gasteiger partial charge in [-0.15, -0.1) is 11.8 Å². The van der Waals surface area contributed by atoms with E-state index in [1.165, 1.54) is 7.11 Å². The van der Waals surface area contributed by atoms with E-state index in [9.17, 15) is 4.79 Å². The molecule has 1 aromatic rings. The molecule has 0 aromatic carbocycles. The van der Waals surface area contributed by atoms with Crippen LogP contribution in [0.2, 0.25) is 0 Å². The Labute approximate surface area is 111 Å². The predicted octanol–water partition coefficient (Wildman–Crippen LogP) is 3.04. The predicted molar refractivity (Wildman–Crippen MR) is 69.9 cm³/mol. The molecule has 100 valence electrons. The van der Waals surface area contributed by atoms with Crippen LogP contribution >= 0.6 is 11.8 Å². The number of hydrogen-bond acceptors (Lipinski definition) is 5. The van der Waals surface area contributed by atoms with Crippen molar-refractivity contribution in [3.05, 3.63) is 23.7 Å². The maximum Gasteiger partial charge on any atom is 0.373 e. The zero-order valence-electron chi connectivity index (χ0n) is 10.7. The number of thioether (sulfide) groups is 1. The van der Waals surface area contributed by atoms with Crippen LogP contribution in [0.15, 0.2) is 16.5 Å². The van der Waals surface area contributed by atoms with Crippen LogP contribution in [0.25, 0.3) is 0 Å². The molecule has 1 aromatic heterocycles. The van der Waals surface area contributed by atoms with E-state index in [-0.39, 0.29) is 11.0 Å². The van der Waals surface area contributed by atoms with Crippen molar-refractivity contribution < 1.29 is 18.7 Å². The molecule has 0 spiro atoms. The van der Waals surface area contributed by atoms with Crippen molar-refractivity contribution in [2.24, 2.45) is 0 Å². The van der Waals surface area contributed by atoms with E-state index < -0.39 is 5.97 Å². The lowest BCUT2D eigenvalue weighted by atomic mass is 10.3. The third-order valence-corrected chi connectivity index (χ3v) is 4.27. The molecule has 0 amide bonds. The normalized spacial score (nSPS) is 20.9. The molecule has 2 rings (SSSR count). The van der Waals surface area contributed by atoms with Crippen molar-refractivity contribution in [3.63, 3.8) is 0 Å². The third kappa shape index (κ3) is 3.29. The van der Waals surface area contributed by atoms with Gasteiger partial charge in [0.25, 0.3) is 0 Å². The Morgan fingerprint density at radius 1 is 1.61 bits per heavy atom. The monoisotopic (exact) mass is 270 g/mol. The summed E-state index contributed by atoms with van der Waals surface area (Å²) in [6.45, 7) is 2.95. The molecule has 2 atom stereocenters. The lowest BCUT2D eigenvalue weighted by molar-refractivity contribution is 0.0563. The lowest BCUT2D eigenvalue weighted by Crippen LogP contribution is -2.08. The quantitative estimate of drug-likeness (QED) is 0.770. The number of esters is 1. The molecule has 5 heteroatoms. The van der Waals surface area contributed by atoms with Gasteiger partial charge in [0.05, 0.1) is 18.5 Å². The van der Waals surface area contributed by atoms with Crippen molar-refractivity contribution in [3.8, 4) is 0 Å². The number of furan rings is 1. The molecule has 0 radical (unpaired) electrons. The minimum absolute atomic E-state index is 0.215. The molecule has 4 nitrogen and oxygen atoms in total. The van der Waals surface area contributed by atoms with E-state index in [0.29, 0.717) is 6.10 Å². The summed E-state index contributed by atoms with van der Waals surface area (Å²) >= 11 is 1.79. The van der Waals surface area contributed by atoms with Gasteiger partial charge in [-0.3, -0.25) is 0 Å². The second kappa shape index (κ2) is 6.29. The molecule has 1 fully saturated rings. The standard InChI is InChI=1S/C13H18O4S/c1-9(18-8-10-4-3-7-16-10)11-5-6-12(17-11)13(14)15-2/h5-6,9-10H,3-4,7-8H2,1-2H3. The van der Waals surface area contributed by atoms with Gasteiger partial charge in [0.2, 0.25) is 5.76 Å².